The summed E-state index contributed by atoms with van der Waals surface area (Å²) in [5, 5.41) is 0. The Morgan fingerprint density at radius 1 is 0.636 bits per heavy atom. The lowest BCUT2D eigenvalue weighted by atomic mass is 9.76. The number of ether oxygens (including phenoxy) is 2. The Kier molecular flexibility index (Phi) is 6.28. The molecule has 2 unspecified atom stereocenters. The van der Waals surface area contributed by atoms with E-state index < -0.39 is 0 Å². The van der Waals surface area contributed by atoms with Gasteiger partial charge >= 0.3 is 0 Å². The van der Waals surface area contributed by atoms with Crippen LogP contribution in [-0.2, 0) is 9.47 Å². The third kappa shape index (κ3) is 5.35. The minimum atomic E-state index is -0.0245. The highest BCUT2D eigenvalue weighted by atomic mass is 19.1. The van der Waals surface area contributed by atoms with E-state index in [1.807, 2.05) is 0 Å². The van der Waals surface area contributed by atoms with E-state index in [-0.39, 0.29) is 5.82 Å². The predicted octanol–water partition coefficient (Wildman–Crippen LogP) is 7.62. The van der Waals surface area contributed by atoms with Gasteiger partial charge in [-0.05, 0) is 116 Å². The highest BCUT2D eigenvalue weighted by Gasteiger charge is 2.31. The molecule has 2 aliphatic carbocycles. The van der Waals surface area contributed by atoms with Crippen molar-refractivity contribution in [3.05, 3.63) is 59.4 Å². The van der Waals surface area contributed by atoms with Crippen LogP contribution in [0.1, 0.15) is 87.2 Å². The van der Waals surface area contributed by atoms with E-state index in [4.69, 9.17) is 9.47 Å². The lowest BCUT2D eigenvalue weighted by molar-refractivity contribution is 0.274. The molecule has 2 saturated heterocycles. The standard InChI is InChI=1S/C30H37FO2/c31-30-17-26(13-14-29(30)25-7-3-21(4-8-25)16-28-19-33-28)24-11-9-23(10-12-24)22-5-1-20(2-6-22)15-27-18-32-27/h9-14,17,20-22,25,27-28H,1-8,15-16,18-19H2. The normalized spacial score (nSPS) is 33.6. The van der Waals surface area contributed by atoms with Gasteiger partial charge in [0.25, 0.3) is 0 Å². The van der Waals surface area contributed by atoms with Gasteiger partial charge in [-0.1, -0.05) is 36.4 Å². The van der Waals surface area contributed by atoms with Crippen molar-refractivity contribution in [1.82, 2.24) is 0 Å². The number of hydrogen-bond acceptors (Lipinski definition) is 2. The smallest absolute Gasteiger partial charge is 0.127 e. The molecule has 176 valence electrons. The number of hydrogen-bond donors (Lipinski definition) is 0. The summed E-state index contributed by atoms with van der Waals surface area (Å²) in [6.07, 6.45) is 13.4. The molecule has 2 aromatic carbocycles. The molecule has 0 bridgehead atoms. The molecule has 0 N–H and O–H groups in total. The first-order chi connectivity index (χ1) is 16.2. The molecule has 2 heterocycles. The molecule has 0 amide bonds. The van der Waals surface area contributed by atoms with Crippen molar-refractivity contribution in [3.8, 4) is 11.1 Å². The lowest BCUT2D eigenvalue weighted by Crippen LogP contribution is -2.15. The molecule has 0 radical (unpaired) electrons. The van der Waals surface area contributed by atoms with E-state index in [1.54, 1.807) is 6.07 Å². The van der Waals surface area contributed by atoms with Crippen molar-refractivity contribution in [3.63, 3.8) is 0 Å². The van der Waals surface area contributed by atoms with Gasteiger partial charge in [0.05, 0.1) is 25.4 Å². The fraction of sp³-hybridized carbons (Fsp3) is 0.600. The Hall–Kier alpha value is -1.71. The Morgan fingerprint density at radius 3 is 1.67 bits per heavy atom. The molecule has 3 heteroatoms. The molecule has 4 fully saturated rings. The molecule has 2 aromatic rings. The van der Waals surface area contributed by atoms with Gasteiger partial charge in [0.2, 0.25) is 0 Å². The summed E-state index contributed by atoms with van der Waals surface area (Å²) in [6.45, 7) is 1.94. The van der Waals surface area contributed by atoms with Gasteiger partial charge in [0, 0.05) is 0 Å². The SMILES string of the molecule is Fc1cc(-c2ccc(C3CCC(CC4CO4)CC3)cc2)ccc1C1CCC(CC2CO2)CC1. The molecule has 33 heavy (non-hydrogen) atoms. The molecule has 2 saturated carbocycles. The summed E-state index contributed by atoms with van der Waals surface area (Å²) >= 11 is 0. The maximum absolute atomic E-state index is 15.1. The van der Waals surface area contributed by atoms with Gasteiger partial charge in [-0.25, -0.2) is 4.39 Å². The maximum atomic E-state index is 15.1. The van der Waals surface area contributed by atoms with Crippen LogP contribution in [0, 0.1) is 17.7 Å². The van der Waals surface area contributed by atoms with E-state index >= 15 is 4.39 Å². The lowest BCUT2D eigenvalue weighted by Gasteiger charge is -2.29. The van der Waals surface area contributed by atoms with Crippen LogP contribution in [0.25, 0.3) is 11.1 Å². The summed E-state index contributed by atoms with van der Waals surface area (Å²) < 4.78 is 25.9. The Balaban J connectivity index is 1.06. The summed E-state index contributed by atoms with van der Waals surface area (Å²) in [7, 11) is 0. The third-order valence-electron chi connectivity index (χ3n) is 8.85. The second kappa shape index (κ2) is 9.50. The summed E-state index contributed by atoms with van der Waals surface area (Å²) in [5.74, 6) is 2.66. The molecular weight excluding hydrogens is 411 g/mol. The highest BCUT2D eigenvalue weighted by Crippen LogP contribution is 2.41. The van der Waals surface area contributed by atoms with E-state index in [2.05, 4.69) is 36.4 Å². The van der Waals surface area contributed by atoms with Crippen molar-refractivity contribution in [2.45, 2.75) is 88.3 Å². The quantitative estimate of drug-likeness (QED) is 0.407. The van der Waals surface area contributed by atoms with E-state index in [0.29, 0.717) is 24.0 Å². The Bertz CT molecular complexity index is 930. The van der Waals surface area contributed by atoms with Crippen LogP contribution < -0.4 is 0 Å². The summed E-state index contributed by atoms with van der Waals surface area (Å²) in [5.41, 5.74) is 4.49. The van der Waals surface area contributed by atoms with Crippen molar-refractivity contribution < 1.29 is 13.9 Å². The minimum Gasteiger partial charge on any atom is -0.373 e. The fourth-order valence-corrected chi connectivity index (χ4v) is 6.58. The van der Waals surface area contributed by atoms with Gasteiger partial charge in [-0.15, -0.1) is 0 Å². The Labute approximate surface area is 197 Å². The van der Waals surface area contributed by atoms with Gasteiger partial charge in [-0.3, -0.25) is 0 Å². The number of epoxide rings is 2. The van der Waals surface area contributed by atoms with E-state index in [1.165, 1.54) is 56.9 Å². The van der Waals surface area contributed by atoms with Gasteiger partial charge in [-0.2, -0.15) is 0 Å². The van der Waals surface area contributed by atoms with Crippen LogP contribution >= 0.6 is 0 Å². The Morgan fingerprint density at radius 2 is 1.15 bits per heavy atom. The maximum Gasteiger partial charge on any atom is 0.127 e. The van der Waals surface area contributed by atoms with Crippen LogP contribution in [-0.4, -0.2) is 25.4 Å². The second-order valence-electron chi connectivity index (χ2n) is 11.2. The third-order valence-corrected chi connectivity index (χ3v) is 8.85. The van der Waals surface area contributed by atoms with E-state index in [9.17, 15) is 0 Å². The monoisotopic (exact) mass is 448 g/mol. The van der Waals surface area contributed by atoms with Crippen LogP contribution in [0.15, 0.2) is 42.5 Å². The summed E-state index contributed by atoms with van der Waals surface area (Å²) in [4.78, 5) is 0. The molecule has 2 aliphatic heterocycles. The van der Waals surface area contributed by atoms with Crippen LogP contribution in [0.3, 0.4) is 0 Å². The zero-order chi connectivity index (χ0) is 22.2. The molecule has 4 aliphatic rings. The molecular formula is C30H37FO2. The first kappa shape index (κ1) is 21.8. The van der Waals surface area contributed by atoms with Crippen molar-refractivity contribution in [2.24, 2.45) is 11.8 Å². The van der Waals surface area contributed by atoms with Crippen molar-refractivity contribution >= 4 is 0 Å². The van der Waals surface area contributed by atoms with E-state index in [0.717, 1.165) is 54.6 Å². The van der Waals surface area contributed by atoms with Gasteiger partial charge < -0.3 is 9.47 Å². The molecule has 0 aromatic heterocycles. The molecule has 6 rings (SSSR count). The largest absolute Gasteiger partial charge is 0.373 e. The van der Waals surface area contributed by atoms with Crippen molar-refractivity contribution in [2.75, 3.05) is 13.2 Å². The summed E-state index contributed by atoms with van der Waals surface area (Å²) in [6, 6.07) is 14.9. The zero-order valence-electron chi connectivity index (χ0n) is 19.7. The van der Waals surface area contributed by atoms with Crippen molar-refractivity contribution in [1.29, 1.82) is 0 Å². The average Bonchev–Trinajstić information content (AvgIpc) is 3.78. The van der Waals surface area contributed by atoms with Gasteiger partial charge in [0.1, 0.15) is 5.82 Å². The average molecular weight is 449 g/mol. The van der Waals surface area contributed by atoms with Gasteiger partial charge in [0.15, 0.2) is 0 Å². The number of benzene rings is 2. The van der Waals surface area contributed by atoms with Crippen LogP contribution in [0.5, 0.6) is 0 Å². The zero-order valence-corrected chi connectivity index (χ0v) is 19.7. The fourth-order valence-electron chi connectivity index (χ4n) is 6.58. The number of rotatable bonds is 7. The first-order valence-electron chi connectivity index (χ1n) is 13.3. The van der Waals surface area contributed by atoms with Crippen LogP contribution in [0.2, 0.25) is 0 Å². The first-order valence-corrected chi connectivity index (χ1v) is 13.3. The minimum absolute atomic E-state index is 0.0245. The molecule has 0 spiro atoms. The molecule has 2 nitrogen and oxygen atoms in total. The number of halogens is 1. The topological polar surface area (TPSA) is 25.1 Å². The van der Waals surface area contributed by atoms with Crippen LogP contribution in [0.4, 0.5) is 4.39 Å². The molecule has 2 atom stereocenters. The predicted molar refractivity (Wildman–Crippen MR) is 130 cm³/mol. The second-order valence-corrected chi connectivity index (χ2v) is 11.2. The highest BCUT2D eigenvalue weighted by molar-refractivity contribution is 5.64.